The number of nitrogens with zero attached hydrogens (tertiary/aromatic N) is 1. The molecule has 1 aliphatic carbocycles. The van der Waals surface area contributed by atoms with Crippen LogP contribution in [-0.4, -0.2) is 30.3 Å². The van der Waals surface area contributed by atoms with Crippen molar-refractivity contribution in [2.75, 3.05) is 16.8 Å². The maximum Gasteiger partial charge on any atom is 0.338 e. The van der Waals surface area contributed by atoms with Gasteiger partial charge in [0.2, 0.25) is 11.8 Å². The molecule has 1 aliphatic heterocycles. The third kappa shape index (κ3) is 7.06. The van der Waals surface area contributed by atoms with Crippen molar-refractivity contribution in [2.45, 2.75) is 78.1 Å². The number of imide groups is 1. The van der Waals surface area contributed by atoms with Crippen LogP contribution in [0, 0.1) is 11.8 Å². The van der Waals surface area contributed by atoms with E-state index in [1.54, 1.807) is 48.5 Å². The highest BCUT2D eigenvalue weighted by atomic mass is 16.5. The zero-order chi connectivity index (χ0) is 28.5. The molecule has 1 saturated heterocycles. The minimum atomic E-state index is -0.439. The molecule has 0 unspecified atom stereocenters. The summed E-state index contributed by atoms with van der Waals surface area (Å²) in [5, 5.41) is 2.82. The second-order valence-corrected chi connectivity index (χ2v) is 10.9. The van der Waals surface area contributed by atoms with Crippen molar-refractivity contribution in [3.05, 3.63) is 71.3 Å². The second kappa shape index (κ2) is 14.1. The molecule has 2 aromatic rings. The van der Waals surface area contributed by atoms with Crippen molar-refractivity contribution in [2.24, 2.45) is 11.8 Å². The van der Waals surface area contributed by atoms with Gasteiger partial charge in [0.15, 0.2) is 0 Å². The number of carbonyl (C=O) groups excluding carboxylic acids is 4. The van der Waals surface area contributed by atoms with Gasteiger partial charge >= 0.3 is 5.97 Å². The number of amides is 3. The summed E-state index contributed by atoms with van der Waals surface area (Å²) in [4.78, 5) is 53.2. The molecule has 2 aromatic carbocycles. The van der Waals surface area contributed by atoms with Crippen LogP contribution in [-0.2, 0) is 14.3 Å². The predicted octanol–water partition coefficient (Wildman–Crippen LogP) is 7.08. The van der Waals surface area contributed by atoms with E-state index < -0.39 is 5.91 Å². The lowest BCUT2D eigenvalue weighted by Crippen LogP contribution is -2.33. The molecular formula is C33H40N2O5. The molecule has 0 spiro atoms. The smallest absolute Gasteiger partial charge is 0.338 e. The van der Waals surface area contributed by atoms with Crippen molar-refractivity contribution in [1.29, 1.82) is 0 Å². The van der Waals surface area contributed by atoms with Gasteiger partial charge in [-0.2, -0.15) is 0 Å². The number of fused-ring (bicyclic) bond motifs is 1. The van der Waals surface area contributed by atoms with E-state index in [1.807, 2.05) is 13.0 Å². The molecular weight excluding hydrogens is 504 g/mol. The van der Waals surface area contributed by atoms with E-state index >= 15 is 0 Å². The molecule has 7 heteroatoms. The van der Waals surface area contributed by atoms with Gasteiger partial charge in [0.05, 0.1) is 35.3 Å². The van der Waals surface area contributed by atoms with Gasteiger partial charge in [-0.15, -0.1) is 0 Å². The average molecular weight is 545 g/mol. The largest absolute Gasteiger partial charge is 0.462 e. The standard InChI is InChI=1S/C33H40N2O5/c1-3-4-5-6-7-8-9-12-21-40-33(39)24-16-18-25(19-17-24)34-30(36)27-13-10-11-14-29(27)35-31(37)26-20-15-23(2)22-28(26)32(35)38/h10-11,13-19,26,28H,3-9,12,20-22H2,1-2H3,(H,34,36)/t26-,28-/m0/s1. The zero-order valence-electron chi connectivity index (χ0n) is 23.6. The first kappa shape index (κ1) is 29.2. The fraction of sp³-hybridized carbons (Fsp3) is 0.455. The number of nitrogens with one attached hydrogen (secondary N) is 1. The number of allylic oxidation sites excluding steroid dienone is 2. The molecule has 0 saturated carbocycles. The fourth-order valence-electron chi connectivity index (χ4n) is 5.51. The minimum absolute atomic E-state index is 0.237. The van der Waals surface area contributed by atoms with Crippen LogP contribution in [0.1, 0.15) is 98.8 Å². The zero-order valence-corrected chi connectivity index (χ0v) is 23.6. The second-order valence-electron chi connectivity index (χ2n) is 10.9. The van der Waals surface area contributed by atoms with E-state index in [0.29, 0.717) is 36.4 Å². The Bertz CT molecular complexity index is 1250. The quantitative estimate of drug-likeness (QED) is 0.126. The van der Waals surface area contributed by atoms with Crippen LogP contribution in [0.15, 0.2) is 60.2 Å². The van der Waals surface area contributed by atoms with Crippen molar-refractivity contribution >= 4 is 35.1 Å². The summed E-state index contributed by atoms with van der Waals surface area (Å²) >= 11 is 0. The van der Waals surface area contributed by atoms with Gasteiger partial charge in [-0.3, -0.25) is 14.4 Å². The highest BCUT2D eigenvalue weighted by Crippen LogP contribution is 2.40. The molecule has 1 fully saturated rings. The Morgan fingerprint density at radius 1 is 0.875 bits per heavy atom. The number of anilines is 2. The summed E-state index contributed by atoms with van der Waals surface area (Å²) in [7, 11) is 0. The Kier molecular flexibility index (Phi) is 10.3. The van der Waals surface area contributed by atoms with Crippen molar-refractivity contribution in [3.63, 3.8) is 0 Å². The Labute approximate surface area is 237 Å². The number of hydrogen-bond donors (Lipinski definition) is 1. The summed E-state index contributed by atoms with van der Waals surface area (Å²) < 4.78 is 5.40. The van der Waals surface area contributed by atoms with Crippen LogP contribution in [0.3, 0.4) is 0 Å². The Balaban J connectivity index is 1.30. The summed E-state index contributed by atoms with van der Waals surface area (Å²) in [6.07, 6.45) is 12.5. The SMILES string of the molecule is CCCCCCCCCCOC(=O)c1ccc(NC(=O)c2ccccc2N2C(=O)[C@H]3CC=C(C)C[C@@H]3C2=O)cc1. The van der Waals surface area contributed by atoms with Gasteiger partial charge in [0.25, 0.3) is 5.91 Å². The molecule has 4 rings (SSSR count). The number of esters is 1. The van der Waals surface area contributed by atoms with E-state index in [4.69, 9.17) is 4.74 Å². The number of hydrogen-bond acceptors (Lipinski definition) is 5. The predicted molar refractivity (Wildman–Crippen MR) is 156 cm³/mol. The summed E-state index contributed by atoms with van der Waals surface area (Å²) in [5.74, 6) is -2.09. The number of carbonyl (C=O) groups is 4. The maximum absolute atomic E-state index is 13.2. The average Bonchev–Trinajstić information content (AvgIpc) is 3.20. The molecule has 2 aliphatic rings. The summed E-state index contributed by atoms with van der Waals surface area (Å²) in [6, 6.07) is 13.2. The number of unbranched alkanes of at least 4 members (excludes halogenated alkanes) is 7. The van der Waals surface area contributed by atoms with Gasteiger partial charge in [0, 0.05) is 5.69 Å². The third-order valence-electron chi connectivity index (χ3n) is 7.82. The molecule has 1 N–H and O–H groups in total. The van der Waals surface area contributed by atoms with E-state index in [2.05, 4.69) is 12.2 Å². The molecule has 1 heterocycles. The summed E-state index contributed by atoms with van der Waals surface area (Å²) in [6.45, 7) is 4.58. The summed E-state index contributed by atoms with van der Waals surface area (Å²) in [5.41, 5.74) is 2.55. The molecule has 3 amide bonds. The van der Waals surface area contributed by atoms with E-state index in [9.17, 15) is 19.2 Å². The van der Waals surface area contributed by atoms with Crippen molar-refractivity contribution < 1.29 is 23.9 Å². The normalized spacial score (nSPS) is 18.4. The van der Waals surface area contributed by atoms with Gasteiger partial charge in [-0.05, 0) is 62.6 Å². The van der Waals surface area contributed by atoms with Crippen LogP contribution >= 0.6 is 0 Å². The molecule has 212 valence electrons. The fourth-order valence-corrected chi connectivity index (χ4v) is 5.51. The highest BCUT2D eigenvalue weighted by Gasteiger charge is 2.49. The third-order valence-corrected chi connectivity index (χ3v) is 7.82. The maximum atomic E-state index is 13.2. The van der Waals surface area contributed by atoms with Crippen LogP contribution in [0.25, 0.3) is 0 Å². The lowest BCUT2D eigenvalue weighted by atomic mass is 9.82. The minimum Gasteiger partial charge on any atom is -0.462 e. The topological polar surface area (TPSA) is 92.8 Å². The molecule has 2 atom stereocenters. The number of rotatable bonds is 13. The number of ether oxygens (including phenoxy) is 1. The Morgan fingerprint density at radius 2 is 1.52 bits per heavy atom. The van der Waals surface area contributed by atoms with Gasteiger partial charge < -0.3 is 10.1 Å². The van der Waals surface area contributed by atoms with Crippen LogP contribution < -0.4 is 10.2 Å². The number of para-hydroxylation sites is 1. The van der Waals surface area contributed by atoms with Crippen molar-refractivity contribution in [1.82, 2.24) is 0 Å². The van der Waals surface area contributed by atoms with Gasteiger partial charge in [-0.25, -0.2) is 9.69 Å². The van der Waals surface area contributed by atoms with Crippen molar-refractivity contribution in [3.8, 4) is 0 Å². The Hall–Kier alpha value is -3.74. The van der Waals surface area contributed by atoms with E-state index in [1.165, 1.54) is 37.0 Å². The van der Waals surface area contributed by atoms with Gasteiger partial charge in [0.1, 0.15) is 0 Å². The molecule has 0 bridgehead atoms. The molecule has 0 aromatic heterocycles. The first-order valence-corrected chi connectivity index (χ1v) is 14.6. The first-order valence-electron chi connectivity index (χ1n) is 14.6. The highest BCUT2D eigenvalue weighted by molar-refractivity contribution is 6.25. The number of benzene rings is 2. The molecule has 40 heavy (non-hydrogen) atoms. The monoisotopic (exact) mass is 544 g/mol. The molecule has 7 nitrogen and oxygen atoms in total. The van der Waals surface area contributed by atoms with Crippen LogP contribution in [0.5, 0.6) is 0 Å². The van der Waals surface area contributed by atoms with E-state index in [0.717, 1.165) is 24.8 Å². The Morgan fingerprint density at radius 3 is 2.25 bits per heavy atom. The van der Waals surface area contributed by atoms with Crippen LogP contribution in [0.4, 0.5) is 11.4 Å². The molecule has 0 radical (unpaired) electrons. The van der Waals surface area contributed by atoms with E-state index in [-0.39, 0.29) is 35.2 Å². The lowest BCUT2D eigenvalue weighted by Gasteiger charge is -2.19. The first-order chi connectivity index (χ1) is 19.4. The van der Waals surface area contributed by atoms with Gasteiger partial charge in [-0.1, -0.05) is 75.7 Å². The lowest BCUT2D eigenvalue weighted by molar-refractivity contribution is -0.122. The van der Waals surface area contributed by atoms with Crippen LogP contribution in [0.2, 0.25) is 0 Å².